The van der Waals surface area contributed by atoms with E-state index in [1.807, 2.05) is 12.2 Å². The van der Waals surface area contributed by atoms with E-state index in [-0.39, 0.29) is 25.9 Å². The van der Waals surface area contributed by atoms with Gasteiger partial charge in [-0.15, -0.1) is 0 Å². The second-order valence-electron chi connectivity index (χ2n) is 20.8. The smallest absolute Gasteiger partial charge is 0.462 e. The minimum Gasteiger partial charge on any atom is -0.462 e. The zero-order chi connectivity index (χ0) is 58.3. The molecule has 0 aliphatic carbocycles. The van der Waals surface area contributed by atoms with E-state index in [9.17, 15) is 28.9 Å². The van der Waals surface area contributed by atoms with Crippen LogP contribution in [0.15, 0.2) is 109 Å². The predicted octanol–water partition coefficient (Wildman–Crippen LogP) is 19.4. The van der Waals surface area contributed by atoms with Crippen molar-refractivity contribution in [3.8, 4) is 0 Å². The van der Waals surface area contributed by atoms with Gasteiger partial charge in [-0.1, -0.05) is 239 Å². The van der Waals surface area contributed by atoms with Gasteiger partial charge in [0.2, 0.25) is 0 Å². The summed E-state index contributed by atoms with van der Waals surface area (Å²) < 4.78 is 39.6. The molecule has 458 valence electrons. The van der Waals surface area contributed by atoms with E-state index in [0.717, 1.165) is 109 Å². The average Bonchev–Trinajstić information content (AvgIpc) is 3.45. The summed E-state index contributed by atoms with van der Waals surface area (Å²) in [5, 5.41) is 9.85. The number of phosphoric acid groups is 1. The first kappa shape index (κ1) is 76.1. The summed E-state index contributed by atoms with van der Waals surface area (Å²) in [4.78, 5) is 48.7. The van der Waals surface area contributed by atoms with Crippen molar-refractivity contribution in [3.05, 3.63) is 109 Å². The number of esters is 3. The number of ether oxygens (including phenoxy) is 3. The molecule has 0 aliphatic heterocycles. The van der Waals surface area contributed by atoms with Crippen LogP contribution in [0.5, 0.6) is 0 Å². The van der Waals surface area contributed by atoms with E-state index in [1.165, 1.54) is 89.9 Å². The third kappa shape index (κ3) is 58.8. The minimum absolute atomic E-state index is 0.0843. The number of carbonyl (C=O) groups is 3. The predicted molar refractivity (Wildman–Crippen MR) is 334 cm³/mol. The van der Waals surface area contributed by atoms with Gasteiger partial charge in [0.15, 0.2) is 6.10 Å². The normalized spacial score (nSPS) is 14.0. The van der Waals surface area contributed by atoms with Crippen LogP contribution in [0.25, 0.3) is 0 Å². The fourth-order valence-electron chi connectivity index (χ4n) is 8.40. The highest BCUT2D eigenvalue weighted by molar-refractivity contribution is 7.47. The number of hydrogen-bond acceptors (Lipinski definition) is 10. The van der Waals surface area contributed by atoms with E-state index in [2.05, 4.69) is 118 Å². The molecule has 2 N–H and O–H groups in total. The highest BCUT2D eigenvalue weighted by Gasteiger charge is 2.28. The molecule has 0 rings (SSSR count). The second kappa shape index (κ2) is 61.2. The Bertz CT molecular complexity index is 1760. The molecule has 0 saturated carbocycles. The van der Waals surface area contributed by atoms with Gasteiger partial charge in [0.05, 0.1) is 19.8 Å². The molecule has 0 radical (unpaired) electrons. The quantitative estimate of drug-likeness (QED) is 0.0197. The zero-order valence-corrected chi connectivity index (χ0v) is 51.7. The molecular weight excluding hydrogens is 1020 g/mol. The van der Waals surface area contributed by atoms with Crippen molar-refractivity contribution < 1.29 is 52.2 Å². The maximum absolute atomic E-state index is 12.9. The Hall–Kier alpha value is -3.86. The molecule has 0 saturated heterocycles. The van der Waals surface area contributed by atoms with Crippen molar-refractivity contribution in [2.75, 3.05) is 26.4 Å². The number of allylic oxidation sites excluding steroid dienone is 18. The standard InChI is InChI=1S/C68H115O11P/c1-4-7-10-13-16-19-22-25-28-31-32-35-36-39-42-45-48-51-54-57-66(70)75-61-65(79-68(72)59-56-53-50-47-44-41-38-34-30-27-24-21-18-15-12-9-6-3)63-77-80(73,74)76-62-64(60-69)78-67(71)58-55-52-49-46-43-40-37-33-29-26-23-20-17-14-11-8-5-2/h8-9,11-12,17-18,20-21,25-30,38,41,47,50,64-65,69H,4-7,10,13-16,19,22-24,31-37,39-40,42-46,48-49,51-63H2,1-3H3,(H,73,74)/b11-8-,12-9-,20-17-,21-18-,28-25-,29-26-,30-27-,41-38-,50-47-. The zero-order valence-electron chi connectivity index (χ0n) is 50.8. The Morgan fingerprint density at radius 1 is 0.362 bits per heavy atom. The highest BCUT2D eigenvalue weighted by atomic mass is 31.2. The average molecular weight is 1140 g/mol. The summed E-state index contributed by atoms with van der Waals surface area (Å²) in [5.74, 6) is -1.55. The van der Waals surface area contributed by atoms with E-state index in [0.29, 0.717) is 25.7 Å². The van der Waals surface area contributed by atoms with E-state index >= 15 is 0 Å². The van der Waals surface area contributed by atoms with Crippen LogP contribution in [0.4, 0.5) is 0 Å². The Kier molecular flexibility index (Phi) is 58.3. The number of aliphatic hydroxyl groups is 1. The maximum Gasteiger partial charge on any atom is 0.472 e. The van der Waals surface area contributed by atoms with Crippen molar-refractivity contribution >= 4 is 25.7 Å². The van der Waals surface area contributed by atoms with Crippen molar-refractivity contribution in [2.24, 2.45) is 0 Å². The molecular formula is C68H115O11P. The molecule has 80 heavy (non-hydrogen) atoms. The van der Waals surface area contributed by atoms with Gasteiger partial charge >= 0.3 is 25.7 Å². The van der Waals surface area contributed by atoms with Gasteiger partial charge in [0.25, 0.3) is 0 Å². The Morgan fingerprint density at radius 3 is 1.06 bits per heavy atom. The van der Waals surface area contributed by atoms with Crippen LogP contribution >= 0.6 is 7.82 Å². The van der Waals surface area contributed by atoms with Gasteiger partial charge in [-0.25, -0.2) is 4.57 Å². The summed E-state index contributed by atoms with van der Waals surface area (Å²) in [7, 11) is -4.78. The molecule has 0 amide bonds. The number of phosphoric ester groups is 1. The third-order valence-corrected chi connectivity index (χ3v) is 14.1. The molecule has 0 bridgehead atoms. The second-order valence-corrected chi connectivity index (χ2v) is 22.3. The Labute approximate surface area is 488 Å². The molecule has 0 aromatic heterocycles. The monoisotopic (exact) mass is 1140 g/mol. The third-order valence-electron chi connectivity index (χ3n) is 13.2. The Balaban J connectivity index is 4.78. The molecule has 0 spiro atoms. The SMILES string of the molecule is CC/C=C\C/C=C\C/C=C\C/C=C\C/C=C\CCCC(=O)OC(COC(=O)CCCCCCCCCCC/C=C\CCCCCCCC)COP(=O)(O)OCC(CO)OC(=O)CCCCCCCCC/C=C\C/C=C\C/C=C\CC. The first-order chi connectivity index (χ1) is 39.2. The maximum atomic E-state index is 12.9. The largest absolute Gasteiger partial charge is 0.472 e. The lowest BCUT2D eigenvalue weighted by atomic mass is 10.1. The number of aliphatic hydroxyl groups excluding tert-OH is 1. The van der Waals surface area contributed by atoms with Gasteiger partial charge < -0.3 is 24.2 Å². The van der Waals surface area contributed by atoms with E-state index in [1.54, 1.807) is 0 Å². The van der Waals surface area contributed by atoms with Crippen molar-refractivity contribution in [3.63, 3.8) is 0 Å². The molecule has 3 unspecified atom stereocenters. The number of hydrogen-bond donors (Lipinski definition) is 2. The van der Waals surface area contributed by atoms with Gasteiger partial charge in [0, 0.05) is 19.3 Å². The lowest BCUT2D eigenvalue weighted by molar-refractivity contribution is -0.161. The molecule has 3 atom stereocenters. The van der Waals surface area contributed by atoms with Crippen molar-refractivity contribution in [1.82, 2.24) is 0 Å². The molecule has 0 heterocycles. The van der Waals surface area contributed by atoms with Crippen LogP contribution < -0.4 is 0 Å². The first-order valence-corrected chi connectivity index (χ1v) is 33.3. The summed E-state index contributed by atoms with van der Waals surface area (Å²) >= 11 is 0. The molecule has 0 aromatic rings. The molecule has 12 heteroatoms. The van der Waals surface area contributed by atoms with Crippen LogP contribution in [0.3, 0.4) is 0 Å². The van der Waals surface area contributed by atoms with Gasteiger partial charge in [0.1, 0.15) is 12.7 Å². The highest BCUT2D eigenvalue weighted by Crippen LogP contribution is 2.43. The molecule has 0 aliphatic rings. The van der Waals surface area contributed by atoms with Gasteiger partial charge in [-0.2, -0.15) is 0 Å². The minimum atomic E-state index is -4.78. The molecule has 0 aromatic carbocycles. The fourth-order valence-corrected chi connectivity index (χ4v) is 9.19. The number of rotatable bonds is 58. The number of carbonyl (C=O) groups excluding carboxylic acids is 3. The topological polar surface area (TPSA) is 155 Å². The molecule has 11 nitrogen and oxygen atoms in total. The number of unbranched alkanes of at least 4 members (excludes halogenated alkanes) is 23. The summed E-state index contributed by atoms with van der Waals surface area (Å²) in [6.45, 7) is 4.36. The molecule has 0 fully saturated rings. The van der Waals surface area contributed by atoms with Crippen LogP contribution in [0, 0.1) is 0 Å². The van der Waals surface area contributed by atoms with E-state index < -0.39 is 57.8 Å². The van der Waals surface area contributed by atoms with Gasteiger partial charge in [-0.05, 0) is 116 Å². The van der Waals surface area contributed by atoms with E-state index in [4.69, 9.17) is 23.3 Å². The van der Waals surface area contributed by atoms with Crippen molar-refractivity contribution in [1.29, 1.82) is 0 Å². The van der Waals surface area contributed by atoms with Crippen LogP contribution in [-0.4, -0.2) is 66.5 Å². The summed E-state index contributed by atoms with van der Waals surface area (Å²) in [6, 6.07) is 0. The van der Waals surface area contributed by atoms with Gasteiger partial charge in [-0.3, -0.25) is 23.4 Å². The van der Waals surface area contributed by atoms with Crippen molar-refractivity contribution in [2.45, 2.75) is 277 Å². The van der Waals surface area contributed by atoms with Crippen LogP contribution in [0.1, 0.15) is 265 Å². The lowest BCUT2D eigenvalue weighted by Crippen LogP contribution is -2.30. The summed E-state index contributed by atoms with van der Waals surface area (Å²) in [6.07, 6.45) is 74.8. The fraction of sp³-hybridized carbons (Fsp3) is 0.691. The first-order valence-electron chi connectivity index (χ1n) is 31.8. The lowest BCUT2D eigenvalue weighted by Gasteiger charge is -2.21. The Morgan fingerprint density at radius 2 is 0.662 bits per heavy atom. The van der Waals surface area contributed by atoms with Crippen LogP contribution in [-0.2, 0) is 42.2 Å². The van der Waals surface area contributed by atoms with Crippen LogP contribution in [0.2, 0.25) is 0 Å². The summed E-state index contributed by atoms with van der Waals surface area (Å²) in [5.41, 5.74) is 0.